The van der Waals surface area contributed by atoms with E-state index in [1.165, 1.54) is 42.6 Å². The van der Waals surface area contributed by atoms with Crippen molar-refractivity contribution < 1.29 is 17.6 Å². The number of nitrogens with one attached hydrogen (secondary N) is 1. The van der Waals surface area contributed by atoms with Gasteiger partial charge in [-0.05, 0) is 48.5 Å². The molecule has 6 nitrogen and oxygen atoms in total. The highest BCUT2D eigenvalue weighted by Gasteiger charge is 2.23. The van der Waals surface area contributed by atoms with Gasteiger partial charge in [0.05, 0.1) is 16.8 Å². The summed E-state index contributed by atoms with van der Waals surface area (Å²) < 4.78 is 30.1. The summed E-state index contributed by atoms with van der Waals surface area (Å²) >= 11 is 5.75. The van der Waals surface area contributed by atoms with Gasteiger partial charge in [0.25, 0.3) is 5.91 Å². The van der Waals surface area contributed by atoms with Gasteiger partial charge in [0.15, 0.2) is 5.76 Å². The van der Waals surface area contributed by atoms with Crippen LogP contribution in [-0.4, -0.2) is 19.3 Å². The van der Waals surface area contributed by atoms with E-state index in [1.54, 1.807) is 18.3 Å². The van der Waals surface area contributed by atoms with E-state index in [-0.39, 0.29) is 15.7 Å². The number of halogens is 1. The molecule has 0 fully saturated rings. The number of anilines is 1. The summed E-state index contributed by atoms with van der Waals surface area (Å²) in [6.07, 6.45) is 3.03. The fourth-order valence-electron chi connectivity index (χ4n) is 1.95. The Labute approximate surface area is 143 Å². The van der Waals surface area contributed by atoms with Crippen LogP contribution in [0.15, 0.2) is 75.3 Å². The molecule has 2 aromatic heterocycles. The number of furan rings is 1. The SMILES string of the molecule is O=C(Nc1cccnc1)c1ccc(S(=O)(=O)c2ccc(Cl)cc2)o1. The fourth-order valence-corrected chi connectivity index (χ4v) is 3.25. The molecule has 122 valence electrons. The first-order chi connectivity index (χ1) is 11.5. The average molecular weight is 363 g/mol. The standard InChI is InChI=1S/C16H11ClN2O4S/c17-11-3-5-13(6-4-11)24(21,22)15-8-7-14(23-15)16(20)19-12-2-1-9-18-10-12/h1-10H,(H,19,20). The predicted molar refractivity (Wildman–Crippen MR) is 87.8 cm³/mol. The molecule has 0 saturated heterocycles. The maximum atomic E-state index is 12.5. The topological polar surface area (TPSA) is 89.3 Å². The van der Waals surface area contributed by atoms with Crippen LogP contribution in [0.1, 0.15) is 10.6 Å². The van der Waals surface area contributed by atoms with Gasteiger partial charge >= 0.3 is 0 Å². The van der Waals surface area contributed by atoms with Gasteiger partial charge in [-0.1, -0.05) is 11.6 Å². The fraction of sp³-hybridized carbons (Fsp3) is 0. The number of nitrogens with zero attached hydrogens (tertiary/aromatic N) is 1. The molecular formula is C16H11ClN2O4S. The number of hydrogen-bond donors (Lipinski definition) is 1. The lowest BCUT2D eigenvalue weighted by molar-refractivity contribution is 0.0991. The van der Waals surface area contributed by atoms with Gasteiger partial charge in [-0.3, -0.25) is 9.78 Å². The number of pyridine rings is 1. The van der Waals surface area contributed by atoms with Crippen molar-refractivity contribution in [3.05, 3.63) is 71.7 Å². The van der Waals surface area contributed by atoms with Crippen molar-refractivity contribution in [1.82, 2.24) is 4.98 Å². The quantitative estimate of drug-likeness (QED) is 0.768. The maximum absolute atomic E-state index is 12.5. The predicted octanol–water partition coefficient (Wildman–Crippen LogP) is 3.41. The second kappa shape index (κ2) is 6.46. The molecule has 1 amide bonds. The number of carbonyl (C=O) groups excluding carboxylic acids is 1. The largest absolute Gasteiger partial charge is 0.439 e. The molecule has 0 unspecified atom stereocenters. The monoisotopic (exact) mass is 362 g/mol. The average Bonchev–Trinajstić information content (AvgIpc) is 3.07. The molecule has 8 heteroatoms. The molecule has 0 spiro atoms. The number of hydrogen-bond acceptors (Lipinski definition) is 5. The van der Waals surface area contributed by atoms with Crippen LogP contribution in [0.5, 0.6) is 0 Å². The first-order valence-electron chi connectivity index (χ1n) is 6.79. The van der Waals surface area contributed by atoms with Crippen molar-refractivity contribution in [3.63, 3.8) is 0 Å². The Morgan fingerprint density at radius 3 is 2.50 bits per heavy atom. The molecule has 0 atom stereocenters. The van der Waals surface area contributed by atoms with Crippen LogP contribution in [0.25, 0.3) is 0 Å². The second-order valence-corrected chi connectivity index (χ2v) is 7.09. The Kier molecular flexibility index (Phi) is 4.37. The second-order valence-electron chi connectivity index (χ2n) is 4.77. The van der Waals surface area contributed by atoms with Gasteiger partial charge in [-0.25, -0.2) is 8.42 Å². The maximum Gasteiger partial charge on any atom is 0.291 e. The zero-order valence-electron chi connectivity index (χ0n) is 12.1. The number of benzene rings is 1. The number of rotatable bonds is 4. The van der Waals surface area contributed by atoms with Crippen LogP contribution in [0, 0.1) is 0 Å². The number of sulfone groups is 1. The van der Waals surface area contributed by atoms with Crippen LogP contribution in [0.2, 0.25) is 5.02 Å². The van der Waals surface area contributed by atoms with E-state index in [0.717, 1.165) is 0 Å². The highest BCUT2D eigenvalue weighted by Crippen LogP contribution is 2.24. The molecule has 0 radical (unpaired) electrons. The summed E-state index contributed by atoms with van der Waals surface area (Å²) in [5.41, 5.74) is 0.473. The minimum absolute atomic E-state index is 0.0282. The highest BCUT2D eigenvalue weighted by atomic mass is 35.5. The third kappa shape index (κ3) is 3.32. The molecule has 0 aliphatic heterocycles. The molecule has 0 aliphatic rings. The van der Waals surface area contributed by atoms with Crippen LogP contribution in [0.4, 0.5) is 5.69 Å². The van der Waals surface area contributed by atoms with Crippen LogP contribution in [-0.2, 0) is 9.84 Å². The highest BCUT2D eigenvalue weighted by molar-refractivity contribution is 7.91. The van der Waals surface area contributed by atoms with E-state index >= 15 is 0 Å². The zero-order valence-corrected chi connectivity index (χ0v) is 13.7. The van der Waals surface area contributed by atoms with Gasteiger partial charge < -0.3 is 9.73 Å². The normalized spacial score (nSPS) is 11.2. The lowest BCUT2D eigenvalue weighted by Crippen LogP contribution is -2.11. The molecule has 3 aromatic rings. The first-order valence-corrected chi connectivity index (χ1v) is 8.65. The minimum atomic E-state index is -3.86. The molecule has 2 heterocycles. The van der Waals surface area contributed by atoms with E-state index in [4.69, 9.17) is 16.0 Å². The number of aromatic nitrogens is 1. The van der Waals surface area contributed by atoms with Gasteiger partial charge in [-0.15, -0.1) is 0 Å². The molecule has 0 saturated carbocycles. The van der Waals surface area contributed by atoms with E-state index in [0.29, 0.717) is 10.7 Å². The Hall–Kier alpha value is -2.64. The van der Waals surface area contributed by atoms with Gasteiger partial charge in [-0.2, -0.15) is 0 Å². The summed E-state index contributed by atoms with van der Waals surface area (Å²) in [7, 11) is -3.86. The van der Waals surface area contributed by atoms with Crippen molar-refractivity contribution in [1.29, 1.82) is 0 Å². The number of amides is 1. The van der Waals surface area contributed by atoms with Crippen molar-refractivity contribution in [2.75, 3.05) is 5.32 Å². The lowest BCUT2D eigenvalue weighted by atomic mass is 10.4. The lowest BCUT2D eigenvalue weighted by Gasteiger charge is -2.03. The molecule has 0 aliphatic carbocycles. The van der Waals surface area contributed by atoms with Crippen molar-refractivity contribution in [2.45, 2.75) is 9.99 Å². The molecule has 3 rings (SSSR count). The van der Waals surface area contributed by atoms with Gasteiger partial charge in [0.1, 0.15) is 0 Å². The summed E-state index contributed by atoms with van der Waals surface area (Å²) in [5.74, 6) is -0.688. The van der Waals surface area contributed by atoms with E-state index in [2.05, 4.69) is 10.3 Å². The Bertz CT molecular complexity index is 967. The molecule has 24 heavy (non-hydrogen) atoms. The molecule has 1 aromatic carbocycles. The molecule has 0 bridgehead atoms. The third-order valence-corrected chi connectivity index (χ3v) is 5.01. The van der Waals surface area contributed by atoms with Crippen molar-refractivity contribution in [2.24, 2.45) is 0 Å². The van der Waals surface area contributed by atoms with E-state index < -0.39 is 15.7 Å². The van der Waals surface area contributed by atoms with E-state index in [9.17, 15) is 13.2 Å². The van der Waals surface area contributed by atoms with Crippen LogP contribution in [0.3, 0.4) is 0 Å². The van der Waals surface area contributed by atoms with Crippen LogP contribution < -0.4 is 5.32 Å². The Balaban J connectivity index is 1.84. The molecule has 1 N–H and O–H groups in total. The Morgan fingerprint density at radius 2 is 1.83 bits per heavy atom. The Morgan fingerprint density at radius 1 is 1.08 bits per heavy atom. The van der Waals surface area contributed by atoms with Gasteiger partial charge in [0.2, 0.25) is 14.9 Å². The van der Waals surface area contributed by atoms with Crippen molar-refractivity contribution in [3.8, 4) is 0 Å². The zero-order chi connectivity index (χ0) is 17.2. The summed E-state index contributed by atoms with van der Waals surface area (Å²) in [5, 5.41) is 2.67. The third-order valence-electron chi connectivity index (χ3n) is 3.11. The summed E-state index contributed by atoms with van der Waals surface area (Å²) in [6.45, 7) is 0. The molecular weight excluding hydrogens is 352 g/mol. The summed E-state index contributed by atoms with van der Waals surface area (Å²) in [4.78, 5) is 16.0. The summed E-state index contributed by atoms with van der Waals surface area (Å²) in [6, 6.07) is 11.5. The smallest absolute Gasteiger partial charge is 0.291 e. The minimum Gasteiger partial charge on any atom is -0.439 e. The van der Waals surface area contributed by atoms with Gasteiger partial charge in [0, 0.05) is 11.2 Å². The number of carbonyl (C=O) groups is 1. The van der Waals surface area contributed by atoms with E-state index in [1.807, 2.05) is 0 Å². The first kappa shape index (κ1) is 16.2. The van der Waals surface area contributed by atoms with Crippen molar-refractivity contribution >= 4 is 33.0 Å². The van der Waals surface area contributed by atoms with Crippen LogP contribution >= 0.6 is 11.6 Å².